The van der Waals surface area contributed by atoms with Crippen LogP contribution in [0.5, 0.6) is 11.5 Å². The number of esters is 2. The molecule has 0 radical (unpaired) electrons. The van der Waals surface area contributed by atoms with E-state index in [0.29, 0.717) is 21.9 Å². The zero-order valence-electron chi connectivity index (χ0n) is 17.7. The van der Waals surface area contributed by atoms with E-state index in [2.05, 4.69) is 10.1 Å². The molecule has 2 aromatic carbocycles. The molecule has 164 valence electrons. The van der Waals surface area contributed by atoms with Gasteiger partial charge in [-0.15, -0.1) is 0 Å². The van der Waals surface area contributed by atoms with Crippen LogP contribution in [0.25, 0.3) is 6.08 Å². The number of nitrogens with one attached hydrogen (secondary N) is 1. The third-order valence-electron chi connectivity index (χ3n) is 4.32. The van der Waals surface area contributed by atoms with Crippen LogP contribution in [-0.2, 0) is 14.3 Å². The van der Waals surface area contributed by atoms with Gasteiger partial charge in [0.25, 0.3) is 5.91 Å². The Bertz CT molecular complexity index is 969. The largest absolute Gasteiger partial charge is 0.493 e. The highest BCUT2D eigenvalue weighted by molar-refractivity contribution is 6.30. The summed E-state index contributed by atoms with van der Waals surface area (Å²) in [6, 6.07) is 10.3. The predicted octanol–water partition coefficient (Wildman–Crippen LogP) is 3.89. The molecule has 0 bridgehead atoms. The van der Waals surface area contributed by atoms with Gasteiger partial charge in [-0.05, 0) is 54.0 Å². The van der Waals surface area contributed by atoms with E-state index in [4.69, 9.17) is 21.1 Å². The van der Waals surface area contributed by atoms with Gasteiger partial charge in [0.05, 0.1) is 14.2 Å². The van der Waals surface area contributed by atoms with Crippen molar-refractivity contribution >= 4 is 35.5 Å². The van der Waals surface area contributed by atoms with E-state index >= 15 is 0 Å². The molecule has 31 heavy (non-hydrogen) atoms. The Morgan fingerprint density at radius 1 is 1.00 bits per heavy atom. The number of hydrogen-bond acceptors (Lipinski definition) is 6. The van der Waals surface area contributed by atoms with Crippen LogP contribution in [0.3, 0.4) is 0 Å². The van der Waals surface area contributed by atoms with Crippen molar-refractivity contribution in [3.05, 3.63) is 64.7 Å². The molecule has 0 spiro atoms. The molecule has 0 aliphatic heterocycles. The third-order valence-corrected chi connectivity index (χ3v) is 4.58. The molecule has 0 saturated heterocycles. The predicted molar refractivity (Wildman–Crippen MR) is 117 cm³/mol. The highest BCUT2D eigenvalue weighted by Gasteiger charge is 2.27. The molecule has 0 fully saturated rings. The summed E-state index contributed by atoms with van der Waals surface area (Å²) >= 11 is 5.85. The van der Waals surface area contributed by atoms with Gasteiger partial charge in [-0.3, -0.25) is 4.79 Å². The second-order valence-corrected chi connectivity index (χ2v) is 7.33. The monoisotopic (exact) mass is 445 g/mol. The number of carbonyl (C=O) groups is 3. The van der Waals surface area contributed by atoms with Crippen molar-refractivity contribution < 1.29 is 28.6 Å². The number of hydrogen-bond donors (Lipinski definition) is 1. The van der Waals surface area contributed by atoms with E-state index in [0.717, 1.165) is 0 Å². The molecule has 8 heteroatoms. The maximum Gasteiger partial charge on any atom is 0.334 e. The molecule has 1 N–H and O–H groups in total. The van der Waals surface area contributed by atoms with Crippen LogP contribution in [0.2, 0.25) is 5.02 Å². The van der Waals surface area contributed by atoms with E-state index < -0.39 is 23.9 Å². The molecule has 1 unspecified atom stereocenters. The number of methoxy groups -OCH3 is 2. The molecular weight excluding hydrogens is 422 g/mol. The molecule has 0 aliphatic rings. The molecule has 0 aliphatic carbocycles. The first kappa shape index (κ1) is 24.0. The highest BCUT2D eigenvalue weighted by atomic mass is 35.5. The number of ether oxygens (including phenoxy) is 3. The normalized spacial score (nSPS) is 11.8. The fraction of sp³-hybridized carbons (Fsp3) is 0.261. The Kier molecular flexibility index (Phi) is 8.63. The van der Waals surface area contributed by atoms with Crippen LogP contribution >= 0.6 is 11.6 Å². The van der Waals surface area contributed by atoms with Crippen molar-refractivity contribution in [2.75, 3.05) is 14.2 Å². The van der Waals surface area contributed by atoms with Crippen molar-refractivity contribution in [1.29, 1.82) is 0 Å². The van der Waals surface area contributed by atoms with Crippen LogP contribution < -0.4 is 14.8 Å². The van der Waals surface area contributed by atoms with Crippen molar-refractivity contribution in [2.24, 2.45) is 5.92 Å². The van der Waals surface area contributed by atoms with Crippen LogP contribution in [0.4, 0.5) is 0 Å². The van der Waals surface area contributed by atoms with Crippen LogP contribution in [0, 0.1) is 5.92 Å². The second kappa shape index (κ2) is 11.2. The Balaban J connectivity index is 2.16. The Morgan fingerprint density at radius 2 is 1.68 bits per heavy atom. The lowest BCUT2D eigenvalue weighted by molar-refractivity contribution is -0.138. The fourth-order valence-corrected chi connectivity index (χ4v) is 2.73. The first-order valence-corrected chi connectivity index (χ1v) is 9.85. The number of rotatable bonds is 8. The molecule has 7 nitrogen and oxygen atoms in total. The topological polar surface area (TPSA) is 90.9 Å². The SMILES string of the molecule is COC(=O)/C=C/c1ccc(OC(=O)C(NC(=O)c2ccc(Cl)cc2)C(C)C)c(OC)c1. The van der Waals surface area contributed by atoms with E-state index in [1.54, 1.807) is 62.4 Å². The average Bonchev–Trinajstić information content (AvgIpc) is 2.76. The summed E-state index contributed by atoms with van der Waals surface area (Å²) in [6.45, 7) is 3.60. The molecule has 1 atom stereocenters. The van der Waals surface area contributed by atoms with Gasteiger partial charge in [0.15, 0.2) is 11.5 Å². The van der Waals surface area contributed by atoms with E-state index in [9.17, 15) is 14.4 Å². The number of halogens is 1. The lowest BCUT2D eigenvalue weighted by Gasteiger charge is -2.21. The van der Waals surface area contributed by atoms with Crippen molar-refractivity contribution in [2.45, 2.75) is 19.9 Å². The lowest BCUT2D eigenvalue weighted by Crippen LogP contribution is -2.46. The highest BCUT2D eigenvalue weighted by Crippen LogP contribution is 2.29. The lowest BCUT2D eigenvalue weighted by atomic mass is 10.0. The van der Waals surface area contributed by atoms with E-state index in [-0.39, 0.29) is 11.7 Å². The fourth-order valence-electron chi connectivity index (χ4n) is 2.60. The Hall–Kier alpha value is -3.32. The third kappa shape index (κ3) is 6.86. The quantitative estimate of drug-likeness (QED) is 0.376. The van der Waals surface area contributed by atoms with Gasteiger partial charge in [0.1, 0.15) is 6.04 Å². The van der Waals surface area contributed by atoms with Crippen molar-refractivity contribution in [1.82, 2.24) is 5.32 Å². The summed E-state index contributed by atoms with van der Waals surface area (Å²) in [5, 5.41) is 3.21. The van der Waals surface area contributed by atoms with Crippen LogP contribution in [0.1, 0.15) is 29.8 Å². The number of carbonyl (C=O) groups excluding carboxylic acids is 3. The van der Waals surface area contributed by atoms with Gasteiger partial charge in [-0.2, -0.15) is 0 Å². The zero-order valence-corrected chi connectivity index (χ0v) is 18.4. The zero-order chi connectivity index (χ0) is 23.0. The maximum absolute atomic E-state index is 12.8. The van der Waals surface area contributed by atoms with Gasteiger partial charge in [-0.1, -0.05) is 31.5 Å². The van der Waals surface area contributed by atoms with Gasteiger partial charge in [0.2, 0.25) is 0 Å². The first-order valence-electron chi connectivity index (χ1n) is 9.47. The van der Waals surface area contributed by atoms with E-state index in [1.807, 2.05) is 0 Å². The van der Waals surface area contributed by atoms with Gasteiger partial charge in [-0.25, -0.2) is 9.59 Å². The molecule has 0 saturated carbocycles. The minimum Gasteiger partial charge on any atom is -0.493 e. The van der Waals surface area contributed by atoms with Gasteiger partial charge >= 0.3 is 11.9 Å². The Labute approximate surface area is 185 Å². The van der Waals surface area contributed by atoms with Crippen molar-refractivity contribution in [3.63, 3.8) is 0 Å². The number of amides is 1. The molecule has 2 rings (SSSR count). The first-order chi connectivity index (χ1) is 14.7. The summed E-state index contributed by atoms with van der Waals surface area (Å²) in [5.41, 5.74) is 1.03. The number of benzene rings is 2. The average molecular weight is 446 g/mol. The summed E-state index contributed by atoms with van der Waals surface area (Å²) in [4.78, 5) is 36.6. The molecule has 0 aromatic heterocycles. The maximum atomic E-state index is 12.8. The van der Waals surface area contributed by atoms with E-state index in [1.165, 1.54) is 20.3 Å². The van der Waals surface area contributed by atoms with Gasteiger partial charge in [0, 0.05) is 16.7 Å². The molecule has 2 aromatic rings. The second-order valence-electron chi connectivity index (χ2n) is 6.89. The minimum atomic E-state index is -0.883. The summed E-state index contributed by atoms with van der Waals surface area (Å²) < 4.78 is 15.4. The smallest absolute Gasteiger partial charge is 0.334 e. The summed E-state index contributed by atoms with van der Waals surface area (Å²) in [7, 11) is 2.72. The van der Waals surface area contributed by atoms with Crippen molar-refractivity contribution in [3.8, 4) is 11.5 Å². The van der Waals surface area contributed by atoms with Crippen LogP contribution in [0.15, 0.2) is 48.5 Å². The minimum absolute atomic E-state index is 0.189. The molecule has 0 heterocycles. The van der Waals surface area contributed by atoms with Gasteiger partial charge < -0.3 is 19.5 Å². The summed E-state index contributed by atoms with van der Waals surface area (Å²) in [6.07, 6.45) is 2.81. The van der Waals surface area contributed by atoms with Crippen LogP contribution in [-0.4, -0.2) is 38.1 Å². The molecule has 1 amide bonds. The summed E-state index contributed by atoms with van der Waals surface area (Å²) in [5.74, 6) is -1.28. The molecular formula is C23H24ClNO6. The standard InChI is InChI=1S/C23H24ClNO6/c1-14(2)21(25-22(27)16-7-9-17(24)10-8-16)23(28)31-18-11-5-15(13-19(18)29-3)6-12-20(26)30-4/h5-14,21H,1-4H3,(H,25,27)/b12-6+. The Morgan fingerprint density at radius 3 is 2.26 bits per heavy atom.